The number of para-hydroxylation sites is 1. The Morgan fingerprint density at radius 1 is 1.07 bits per heavy atom. The van der Waals surface area contributed by atoms with E-state index in [1.807, 2.05) is 13.0 Å². The summed E-state index contributed by atoms with van der Waals surface area (Å²) in [6.07, 6.45) is 0. The molecular formula is C20H19FN4O2. The molecule has 0 spiro atoms. The Hall–Kier alpha value is -3.48. The zero-order valence-corrected chi connectivity index (χ0v) is 15.0. The lowest BCUT2D eigenvalue weighted by Gasteiger charge is -2.12. The number of ether oxygens (including phenoxy) is 1. The number of benzene rings is 2. The molecule has 1 heterocycles. The lowest BCUT2D eigenvalue weighted by atomic mass is 10.2. The molecule has 0 bridgehead atoms. The molecule has 0 fully saturated rings. The number of hydrogen-bond donors (Lipinski definition) is 2. The zero-order chi connectivity index (χ0) is 19.2. The highest BCUT2D eigenvalue weighted by atomic mass is 19.1. The Morgan fingerprint density at radius 2 is 1.89 bits per heavy atom. The maximum atomic E-state index is 13.4. The van der Waals surface area contributed by atoms with Gasteiger partial charge in [-0.1, -0.05) is 18.2 Å². The summed E-state index contributed by atoms with van der Waals surface area (Å²) in [5.74, 6) is 0.0497. The summed E-state index contributed by atoms with van der Waals surface area (Å²) in [5.41, 5.74) is 2.24. The Balaban J connectivity index is 1.86. The number of carbonyl (C=O) groups is 1. The van der Waals surface area contributed by atoms with Crippen LogP contribution < -0.4 is 10.6 Å². The van der Waals surface area contributed by atoms with Crippen molar-refractivity contribution in [3.8, 4) is 0 Å². The predicted molar refractivity (Wildman–Crippen MR) is 102 cm³/mol. The van der Waals surface area contributed by atoms with E-state index in [2.05, 4.69) is 20.6 Å². The van der Waals surface area contributed by atoms with Gasteiger partial charge in [-0.05, 0) is 44.2 Å². The van der Waals surface area contributed by atoms with Gasteiger partial charge in [-0.25, -0.2) is 14.2 Å². The van der Waals surface area contributed by atoms with Crippen LogP contribution in [0.15, 0.2) is 54.6 Å². The molecule has 0 amide bonds. The Labute approximate surface area is 156 Å². The predicted octanol–water partition coefficient (Wildman–Crippen LogP) is 4.59. The Kier molecular flexibility index (Phi) is 5.61. The van der Waals surface area contributed by atoms with Crippen molar-refractivity contribution in [3.05, 3.63) is 71.7 Å². The maximum Gasteiger partial charge on any atom is 0.340 e. The van der Waals surface area contributed by atoms with E-state index in [9.17, 15) is 9.18 Å². The van der Waals surface area contributed by atoms with Crippen LogP contribution in [-0.2, 0) is 4.74 Å². The number of halogens is 1. The van der Waals surface area contributed by atoms with Gasteiger partial charge in [-0.3, -0.25) is 0 Å². The number of nitrogens with zero attached hydrogens (tertiary/aromatic N) is 2. The second kappa shape index (κ2) is 8.27. The highest BCUT2D eigenvalue weighted by Gasteiger charge is 2.13. The SMILES string of the molecule is CCOC(=O)c1ccccc1Nc1cc(C)nc(Nc2cccc(F)c2)n1. The fraction of sp³-hybridized carbons (Fsp3) is 0.150. The molecule has 0 aliphatic carbocycles. The van der Waals surface area contributed by atoms with E-state index >= 15 is 0 Å². The third-order valence-corrected chi connectivity index (χ3v) is 3.62. The number of esters is 1. The molecule has 0 aliphatic heterocycles. The molecule has 2 aromatic carbocycles. The van der Waals surface area contributed by atoms with Crippen molar-refractivity contribution in [2.45, 2.75) is 13.8 Å². The van der Waals surface area contributed by atoms with Crippen LogP contribution in [0.5, 0.6) is 0 Å². The summed E-state index contributed by atoms with van der Waals surface area (Å²) >= 11 is 0. The lowest BCUT2D eigenvalue weighted by molar-refractivity contribution is 0.0527. The molecule has 7 heteroatoms. The van der Waals surface area contributed by atoms with E-state index in [-0.39, 0.29) is 5.82 Å². The molecule has 3 rings (SSSR count). The summed E-state index contributed by atoms with van der Waals surface area (Å²) in [7, 11) is 0. The Bertz CT molecular complexity index is 962. The number of aryl methyl sites for hydroxylation is 1. The van der Waals surface area contributed by atoms with E-state index in [4.69, 9.17) is 4.74 Å². The van der Waals surface area contributed by atoms with Gasteiger partial charge in [0.25, 0.3) is 0 Å². The molecule has 1 aromatic heterocycles. The number of nitrogens with one attached hydrogen (secondary N) is 2. The van der Waals surface area contributed by atoms with Gasteiger partial charge in [0.1, 0.15) is 11.6 Å². The van der Waals surface area contributed by atoms with Crippen LogP contribution in [0.4, 0.5) is 27.5 Å². The molecule has 0 unspecified atom stereocenters. The van der Waals surface area contributed by atoms with Crippen LogP contribution in [0.25, 0.3) is 0 Å². The number of carbonyl (C=O) groups excluding carboxylic acids is 1. The van der Waals surface area contributed by atoms with E-state index in [1.165, 1.54) is 12.1 Å². The minimum Gasteiger partial charge on any atom is -0.462 e. The first-order valence-corrected chi connectivity index (χ1v) is 8.46. The van der Waals surface area contributed by atoms with Crippen LogP contribution in [0.2, 0.25) is 0 Å². The van der Waals surface area contributed by atoms with Crippen molar-refractivity contribution < 1.29 is 13.9 Å². The minimum atomic E-state index is -0.413. The minimum absolute atomic E-state index is 0.293. The van der Waals surface area contributed by atoms with Crippen LogP contribution in [0, 0.1) is 12.7 Å². The summed E-state index contributed by atoms with van der Waals surface area (Å²) in [5, 5.41) is 6.10. The van der Waals surface area contributed by atoms with Crippen molar-refractivity contribution in [1.82, 2.24) is 9.97 Å². The number of aromatic nitrogens is 2. The molecule has 0 saturated heterocycles. The molecular weight excluding hydrogens is 347 g/mol. The average Bonchev–Trinajstić information content (AvgIpc) is 2.62. The number of hydrogen-bond acceptors (Lipinski definition) is 6. The van der Waals surface area contributed by atoms with Crippen molar-refractivity contribution >= 4 is 29.1 Å². The normalized spacial score (nSPS) is 10.3. The third-order valence-electron chi connectivity index (χ3n) is 3.62. The third kappa shape index (κ3) is 4.78. The molecule has 6 nitrogen and oxygen atoms in total. The van der Waals surface area contributed by atoms with E-state index < -0.39 is 5.97 Å². The molecule has 0 radical (unpaired) electrons. The monoisotopic (exact) mass is 366 g/mol. The van der Waals surface area contributed by atoms with Crippen LogP contribution in [0.1, 0.15) is 23.0 Å². The van der Waals surface area contributed by atoms with Crippen molar-refractivity contribution in [2.75, 3.05) is 17.2 Å². The van der Waals surface area contributed by atoms with Gasteiger partial charge in [0, 0.05) is 17.4 Å². The summed E-state index contributed by atoms with van der Waals surface area (Å²) in [6, 6.07) is 14.8. The fourth-order valence-corrected chi connectivity index (χ4v) is 2.50. The summed E-state index contributed by atoms with van der Waals surface area (Å²) in [6.45, 7) is 3.87. The number of rotatable bonds is 6. The average molecular weight is 366 g/mol. The zero-order valence-electron chi connectivity index (χ0n) is 15.0. The highest BCUT2D eigenvalue weighted by Crippen LogP contribution is 2.23. The first kappa shape index (κ1) is 18.3. The molecule has 0 saturated carbocycles. The molecule has 138 valence electrons. The van der Waals surface area contributed by atoms with E-state index in [0.29, 0.717) is 41.0 Å². The topological polar surface area (TPSA) is 76.1 Å². The fourth-order valence-electron chi connectivity index (χ4n) is 2.50. The van der Waals surface area contributed by atoms with Crippen LogP contribution in [0.3, 0.4) is 0 Å². The van der Waals surface area contributed by atoms with Gasteiger partial charge in [-0.15, -0.1) is 0 Å². The molecule has 0 atom stereocenters. The first-order valence-electron chi connectivity index (χ1n) is 8.46. The standard InChI is InChI=1S/C20H19FN4O2/c1-3-27-19(26)16-9-4-5-10-17(16)24-18-11-13(2)22-20(25-18)23-15-8-6-7-14(21)12-15/h4-12H,3H2,1-2H3,(H2,22,23,24,25). The molecule has 27 heavy (non-hydrogen) atoms. The van der Waals surface area contributed by atoms with E-state index in [0.717, 1.165) is 0 Å². The van der Waals surface area contributed by atoms with Gasteiger partial charge in [-0.2, -0.15) is 4.98 Å². The van der Waals surface area contributed by atoms with Crippen molar-refractivity contribution in [1.29, 1.82) is 0 Å². The molecule has 3 aromatic rings. The van der Waals surface area contributed by atoms with E-state index in [1.54, 1.807) is 43.3 Å². The molecule has 2 N–H and O–H groups in total. The Morgan fingerprint density at radius 3 is 2.67 bits per heavy atom. The maximum absolute atomic E-state index is 13.4. The smallest absolute Gasteiger partial charge is 0.340 e. The lowest BCUT2D eigenvalue weighted by Crippen LogP contribution is -2.09. The van der Waals surface area contributed by atoms with Crippen LogP contribution >= 0.6 is 0 Å². The quantitative estimate of drug-likeness (QED) is 0.622. The van der Waals surface area contributed by atoms with Gasteiger partial charge in [0.2, 0.25) is 5.95 Å². The van der Waals surface area contributed by atoms with Crippen molar-refractivity contribution in [3.63, 3.8) is 0 Å². The largest absolute Gasteiger partial charge is 0.462 e. The van der Waals surface area contributed by atoms with Crippen molar-refractivity contribution in [2.24, 2.45) is 0 Å². The van der Waals surface area contributed by atoms with Gasteiger partial charge < -0.3 is 15.4 Å². The van der Waals surface area contributed by atoms with Gasteiger partial charge in [0.15, 0.2) is 0 Å². The van der Waals surface area contributed by atoms with Crippen LogP contribution in [-0.4, -0.2) is 22.5 Å². The first-order chi connectivity index (χ1) is 13.0. The second-order valence-corrected chi connectivity index (χ2v) is 5.74. The highest BCUT2D eigenvalue weighted by molar-refractivity contribution is 5.96. The molecule has 0 aliphatic rings. The second-order valence-electron chi connectivity index (χ2n) is 5.74. The van der Waals surface area contributed by atoms with Gasteiger partial charge in [0.05, 0.1) is 17.9 Å². The van der Waals surface area contributed by atoms with Gasteiger partial charge >= 0.3 is 5.97 Å². The summed E-state index contributed by atoms with van der Waals surface area (Å²) < 4.78 is 18.4. The number of anilines is 4. The summed E-state index contributed by atoms with van der Waals surface area (Å²) in [4.78, 5) is 20.8.